The molecule has 0 saturated carbocycles. The van der Waals surface area contributed by atoms with E-state index in [0.717, 1.165) is 0 Å². The number of hydrogen-bond donors (Lipinski definition) is 9. The molecule has 0 bridgehead atoms. The summed E-state index contributed by atoms with van der Waals surface area (Å²) in [6.07, 6.45) is -14.9. The molecule has 0 spiro atoms. The molecule has 12 unspecified atom stereocenters. The Morgan fingerprint density at radius 1 is 0.686 bits per heavy atom. The third-order valence-electron chi connectivity index (χ3n) is 9.01. The minimum atomic E-state index is -2.21. The first-order valence-corrected chi connectivity index (χ1v) is 16.4. The summed E-state index contributed by atoms with van der Waals surface area (Å²) >= 11 is 0. The number of esters is 2. The van der Waals surface area contributed by atoms with Gasteiger partial charge in [0.15, 0.2) is 5.60 Å². The molecule has 17 heteroatoms. The van der Waals surface area contributed by atoms with Gasteiger partial charge < -0.3 is 74.4 Å². The van der Waals surface area contributed by atoms with E-state index in [9.17, 15) is 55.5 Å². The third kappa shape index (κ3) is 9.70. The van der Waals surface area contributed by atoms with E-state index in [2.05, 4.69) is 0 Å². The average molecular weight is 727 g/mol. The lowest BCUT2D eigenvalue weighted by molar-refractivity contribution is -0.277. The summed E-state index contributed by atoms with van der Waals surface area (Å²) in [5.74, 6) is -2.19. The normalized spacial score (nSPS) is 31.2. The summed E-state index contributed by atoms with van der Waals surface area (Å²) in [6, 6.07) is 12.0. The van der Waals surface area contributed by atoms with Gasteiger partial charge in [-0.3, -0.25) is 4.79 Å². The molecule has 0 radical (unpaired) electrons. The van der Waals surface area contributed by atoms with Crippen molar-refractivity contribution >= 4 is 11.9 Å². The lowest BCUT2D eigenvalue weighted by atomic mass is 9.84. The number of aliphatic hydroxyl groups excluding tert-OH is 8. The van der Waals surface area contributed by atoms with Gasteiger partial charge in [-0.2, -0.15) is 0 Å². The molecule has 2 heterocycles. The van der Waals surface area contributed by atoms with Crippen LogP contribution >= 0.6 is 0 Å². The van der Waals surface area contributed by atoms with E-state index < -0.39 is 105 Å². The van der Waals surface area contributed by atoms with Crippen molar-refractivity contribution in [2.75, 3.05) is 13.2 Å². The summed E-state index contributed by atoms with van der Waals surface area (Å²) < 4.78 is 32.4. The van der Waals surface area contributed by atoms with Gasteiger partial charge in [0, 0.05) is 0 Å². The molecule has 9 N–H and O–H groups in total. The molecule has 0 amide bonds. The molecule has 284 valence electrons. The van der Waals surface area contributed by atoms with E-state index in [1.54, 1.807) is 26.0 Å². The minimum Gasteiger partial charge on any atom is -0.462 e. The van der Waals surface area contributed by atoms with Crippen molar-refractivity contribution in [3.63, 3.8) is 0 Å². The zero-order valence-electron chi connectivity index (χ0n) is 28.0. The highest BCUT2D eigenvalue weighted by molar-refractivity contribution is 5.86. The van der Waals surface area contributed by atoms with E-state index in [0.29, 0.717) is 17.5 Å². The quantitative estimate of drug-likeness (QED) is 0.0898. The van der Waals surface area contributed by atoms with E-state index in [1.165, 1.54) is 36.4 Å². The predicted molar refractivity (Wildman–Crippen MR) is 170 cm³/mol. The molecule has 2 fully saturated rings. The van der Waals surface area contributed by atoms with Crippen LogP contribution in [0.3, 0.4) is 0 Å². The summed E-state index contributed by atoms with van der Waals surface area (Å²) in [7, 11) is 0. The maximum Gasteiger partial charge on any atom is 0.339 e. The van der Waals surface area contributed by atoms with Crippen LogP contribution in [-0.2, 0) is 41.8 Å². The van der Waals surface area contributed by atoms with Crippen LogP contribution in [0.15, 0.2) is 48.5 Å². The molecular formula is C34H46O17. The second-order valence-corrected chi connectivity index (χ2v) is 12.6. The van der Waals surface area contributed by atoms with Gasteiger partial charge >= 0.3 is 11.9 Å². The van der Waals surface area contributed by atoms with Crippen molar-refractivity contribution in [2.24, 2.45) is 5.92 Å². The number of rotatable bonds is 15. The Labute approximate surface area is 293 Å². The van der Waals surface area contributed by atoms with Gasteiger partial charge in [-0.25, -0.2) is 4.79 Å². The molecule has 4 rings (SSSR count). The second kappa shape index (κ2) is 17.8. The molecule has 2 aromatic carbocycles. The van der Waals surface area contributed by atoms with Crippen LogP contribution in [0.2, 0.25) is 0 Å². The molecule has 2 aliphatic rings. The third-order valence-corrected chi connectivity index (χ3v) is 9.01. The highest BCUT2D eigenvalue weighted by Crippen LogP contribution is 2.29. The summed E-state index contributed by atoms with van der Waals surface area (Å²) in [5, 5.41) is 90.1. The maximum atomic E-state index is 13.1. The minimum absolute atomic E-state index is 0.198. The zero-order chi connectivity index (χ0) is 37.5. The second-order valence-electron chi connectivity index (χ2n) is 12.6. The SMILES string of the molecule is CCC(C)C(O)(CC(=O)OCc1ccc(OC2OC(CO)C(O)C(O)C2O)cc1)C(=O)OCc1ccc(OC2OC(CO)C(O)C(O)C2O)cc1. The number of aliphatic hydroxyl groups is 9. The monoisotopic (exact) mass is 726 g/mol. The summed E-state index contributed by atoms with van der Waals surface area (Å²) in [4.78, 5) is 25.9. The fourth-order valence-corrected chi connectivity index (χ4v) is 5.42. The lowest BCUT2D eigenvalue weighted by Crippen LogP contribution is -2.60. The van der Waals surface area contributed by atoms with Gasteiger partial charge in [0.2, 0.25) is 12.6 Å². The Hall–Kier alpha value is -3.46. The first-order valence-electron chi connectivity index (χ1n) is 16.4. The highest BCUT2D eigenvalue weighted by Gasteiger charge is 2.47. The fourth-order valence-electron chi connectivity index (χ4n) is 5.42. The molecule has 0 aromatic heterocycles. The van der Waals surface area contributed by atoms with Crippen LogP contribution in [0.25, 0.3) is 0 Å². The van der Waals surface area contributed by atoms with Crippen LogP contribution < -0.4 is 9.47 Å². The van der Waals surface area contributed by atoms with Crippen molar-refractivity contribution in [1.29, 1.82) is 0 Å². The van der Waals surface area contributed by atoms with Gasteiger partial charge in [0.25, 0.3) is 0 Å². The van der Waals surface area contributed by atoms with Gasteiger partial charge in [-0.05, 0) is 41.3 Å². The number of carbonyl (C=O) groups is 2. The molecule has 12 atom stereocenters. The molecular weight excluding hydrogens is 680 g/mol. The van der Waals surface area contributed by atoms with Gasteiger partial charge in [0.1, 0.15) is 73.5 Å². The fraction of sp³-hybridized carbons (Fsp3) is 0.588. The average Bonchev–Trinajstić information content (AvgIpc) is 3.13. The van der Waals surface area contributed by atoms with Crippen LogP contribution in [0, 0.1) is 5.92 Å². The van der Waals surface area contributed by atoms with E-state index in [4.69, 9.17) is 28.4 Å². The predicted octanol–water partition coefficient (Wildman–Crippen LogP) is -2.00. The number of carbonyl (C=O) groups excluding carboxylic acids is 2. The van der Waals surface area contributed by atoms with Crippen LogP contribution in [0.4, 0.5) is 0 Å². The van der Waals surface area contributed by atoms with Gasteiger partial charge in [-0.1, -0.05) is 44.5 Å². The Morgan fingerprint density at radius 2 is 1.10 bits per heavy atom. The van der Waals surface area contributed by atoms with E-state index >= 15 is 0 Å². The summed E-state index contributed by atoms with van der Waals surface area (Å²) in [6.45, 7) is 1.61. The molecule has 2 saturated heterocycles. The Bertz CT molecular complexity index is 1400. The van der Waals surface area contributed by atoms with Crippen LogP contribution in [0.5, 0.6) is 11.5 Å². The smallest absolute Gasteiger partial charge is 0.339 e. The molecule has 0 aliphatic carbocycles. The van der Waals surface area contributed by atoms with Crippen molar-refractivity contribution in [1.82, 2.24) is 0 Å². The topological polar surface area (TPSA) is 272 Å². The lowest BCUT2D eigenvalue weighted by Gasteiger charge is -2.39. The molecule has 2 aromatic rings. The standard InChI is InChI=1S/C34H46O17/c1-3-17(2)34(45,33(44)47-16-19-6-10-21(11-7-19)49-32-30(43)28(41)26(39)23(14-36)51-32)12-24(37)46-15-18-4-8-20(9-5-18)48-31-29(42)27(40)25(38)22(13-35)50-31/h4-11,17,22-23,25-32,35-36,38-43,45H,3,12-16H2,1-2H3. The highest BCUT2D eigenvalue weighted by atomic mass is 16.7. The van der Waals surface area contributed by atoms with Crippen molar-refractivity contribution in [2.45, 2.75) is 107 Å². The van der Waals surface area contributed by atoms with Crippen molar-refractivity contribution in [3.05, 3.63) is 59.7 Å². The molecule has 51 heavy (non-hydrogen) atoms. The van der Waals surface area contributed by atoms with Crippen molar-refractivity contribution in [3.8, 4) is 11.5 Å². The van der Waals surface area contributed by atoms with Gasteiger partial charge in [-0.15, -0.1) is 0 Å². The van der Waals surface area contributed by atoms with E-state index in [1.807, 2.05) is 0 Å². The molecule has 2 aliphatic heterocycles. The largest absolute Gasteiger partial charge is 0.462 e. The Kier molecular flexibility index (Phi) is 14.1. The number of benzene rings is 2. The Balaban J connectivity index is 1.28. The number of hydrogen-bond acceptors (Lipinski definition) is 17. The van der Waals surface area contributed by atoms with Crippen LogP contribution in [0.1, 0.15) is 37.8 Å². The van der Waals surface area contributed by atoms with Crippen LogP contribution in [-0.4, -0.2) is 138 Å². The van der Waals surface area contributed by atoms with Gasteiger partial charge in [0.05, 0.1) is 19.6 Å². The van der Waals surface area contributed by atoms with E-state index in [-0.39, 0.29) is 24.7 Å². The first-order chi connectivity index (χ1) is 24.2. The van der Waals surface area contributed by atoms with Crippen molar-refractivity contribution < 1.29 is 84.0 Å². The molecule has 17 nitrogen and oxygen atoms in total. The summed E-state index contributed by atoms with van der Waals surface area (Å²) in [5.41, 5.74) is -1.21. The first kappa shape index (κ1) is 40.3. The maximum absolute atomic E-state index is 13.1. The number of ether oxygens (including phenoxy) is 6. The zero-order valence-corrected chi connectivity index (χ0v) is 28.0. The Morgan fingerprint density at radius 3 is 1.49 bits per heavy atom.